The van der Waals surface area contributed by atoms with Gasteiger partial charge in [0.05, 0.1) is 21.2 Å². The zero-order chi connectivity index (χ0) is 8.97. The molecule has 0 unspecified atom stereocenters. The smallest absolute Gasteiger partial charge is 0.118 e. The number of methoxy groups -OCH3 is 1. The zero-order valence-corrected chi connectivity index (χ0v) is 7.92. The van der Waals surface area contributed by atoms with Crippen LogP contribution in [0.15, 0.2) is 24.3 Å². The summed E-state index contributed by atoms with van der Waals surface area (Å²) in [5.74, 6) is 0.924. The lowest BCUT2D eigenvalue weighted by Crippen LogP contribution is -3.04. The molecular formula is C10H16NO+. The number of nitrogens with one attached hydrogen (secondary N) is 1. The van der Waals surface area contributed by atoms with Crippen molar-refractivity contribution >= 4 is 0 Å². The third kappa shape index (κ3) is 2.55. The molecule has 1 aromatic rings. The summed E-state index contributed by atoms with van der Waals surface area (Å²) >= 11 is 0. The molecule has 1 N–H and O–H groups in total. The van der Waals surface area contributed by atoms with E-state index in [4.69, 9.17) is 4.74 Å². The van der Waals surface area contributed by atoms with Gasteiger partial charge in [-0.2, -0.15) is 0 Å². The molecule has 1 rings (SSSR count). The van der Waals surface area contributed by atoms with Gasteiger partial charge in [-0.3, -0.25) is 0 Å². The Morgan fingerprint density at radius 1 is 1.17 bits per heavy atom. The summed E-state index contributed by atoms with van der Waals surface area (Å²) in [5.41, 5.74) is 1.34. The Hall–Kier alpha value is -1.02. The third-order valence-corrected chi connectivity index (χ3v) is 1.72. The highest BCUT2D eigenvalue weighted by Crippen LogP contribution is 2.10. The van der Waals surface area contributed by atoms with Gasteiger partial charge in [-0.05, 0) is 24.3 Å². The van der Waals surface area contributed by atoms with Crippen molar-refractivity contribution in [2.24, 2.45) is 0 Å². The van der Waals surface area contributed by atoms with Crippen molar-refractivity contribution in [1.82, 2.24) is 0 Å². The fourth-order valence-electron chi connectivity index (χ4n) is 1.15. The molecule has 0 radical (unpaired) electrons. The Bertz CT molecular complexity index is 228. The van der Waals surface area contributed by atoms with E-state index < -0.39 is 0 Å². The van der Waals surface area contributed by atoms with E-state index in [2.05, 4.69) is 26.2 Å². The first-order valence-electron chi connectivity index (χ1n) is 4.14. The highest BCUT2D eigenvalue weighted by atomic mass is 16.5. The minimum absolute atomic E-state index is 0.924. The van der Waals surface area contributed by atoms with Crippen LogP contribution in [0, 0.1) is 0 Å². The molecule has 0 saturated carbocycles. The Labute approximate surface area is 73.8 Å². The van der Waals surface area contributed by atoms with Crippen LogP contribution in [0.3, 0.4) is 0 Å². The van der Waals surface area contributed by atoms with E-state index in [1.54, 1.807) is 7.11 Å². The first-order chi connectivity index (χ1) is 5.72. The molecule has 1 aromatic carbocycles. The summed E-state index contributed by atoms with van der Waals surface area (Å²) < 4.78 is 5.07. The number of ether oxygens (including phenoxy) is 1. The van der Waals surface area contributed by atoms with Crippen molar-refractivity contribution in [2.45, 2.75) is 6.54 Å². The molecule has 0 heterocycles. The van der Waals surface area contributed by atoms with E-state index in [0.717, 1.165) is 12.3 Å². The predicted molar refractivity (Wildman–Crippen MR) is 49.5 cm³/mol. The molecule has 0 aliphatic heterocycles. The van der Waals surface area contributed by atoms with Crippen molar-refractivity contribution in [2.75, 3.05) is 21.2 Å². The van der Waals surface area contributed by atoms with Crippen LogP contribution >= 0.6 is 0 Å². The SMILES string of the molecule is COc1ccc(C[NH+](C)C)cc1. The molecule has 0 amide bonds. The summed E-state index contributed by atoms with van der Waals surface area (Å²) in [6.07, 6.45) is 0. The van der Waals surface area contributed by atoms with Gasteiger partial charge in [0.15, 0.2) is 0 Å². The standard InChI is InChI=1S/C10H15NO/c1-11(2)8-9-4-6-10(12-3)7-5-9/h4-7H,8H2,1-3H3/p+1. The maximum atomic E-state index is 5.07. The third-order valence-electron chi connectivity index (χ3n) is 1.72. The molecule has 12 heavy (non-hydrogen) atoms. The van der Waals surface area contributed by atoms with Gasteiger partial charge in [0, 0.05) is 5.56 Å². The predicted octanol–water partition coefficient (Wildman–Crippen LogP) is 0.340. The van der Waals surface area contributed by atoms with Crippen LogP contribution in [-0.2, 0) is 6.54 Å². The Morgan fingerprint density at radius 3 is 2.17 bits per heavy atom. The van der Waals surface area contributed by atoms with Gasteiger partial charge < -0.3 is 9.64 Å². The van der Waals surface area contributed by atoms with Crippen LogP contribution in [0.4, 0.5) is 0 Å². The van der Waals surface area contributed by atoms with Crippen molar-refractivity contribution < 1.29 is 9.64 Å². The summed E-state index contributed by atoms with van der Waals surface area (Å²) in [4.78, 5) is 1.43. The topological polar surface area (TPSA) is 13.7 Å². The second-order valence-corrected chi connectivity index (χ2v) is 3.23. The lowest BCUT2D eigenvalue weighted by molar-refractivity contribution is -0.872. The van der Waals surface area contributed by atoms with Gasteiger partial charge >= 0.3 is 0 Å². The van der Waals surface area contributed by atoms with Crippen LogP contribution in [0.1, 0.15) is 5.56 Å². The number of quaternary nitrogens is 1. The van der Waals surface area contributed by atoms with E-state index in [-0.39, 0.29) is 0 Å². The van der Waals surface area contributed by atoms with Gasteiger partial charge in [0.2, 0.25) is 0 Å². The highest BCUT2D eigenvalue weighted by molar-refractivity contribution is 5.26. The highest BCUT2D eigenvalue weighted by Gasteiger charge is 1.97. The molecule has 0 bridgehead atoms. The fourth-order valence-corrected chi connectivity index (χ4v) is 1.15. The first kappa shape index (κ1) is 9.07. The Kier molecular flexibility index (Phi) is 3.11. The normalized spacial score (nSPS) is 10.3. The van der Waals surface area contributed by atoms with E-state index in [1.807, 2.05) is 12.1 Å². The summed E-state index contributed by atoms with van der Waals surface area (Å²) in [5, 5.41) is 0. The lowest BCUT2D eigenvalue weighted by Gasteiger charge is -2.07. The summed E-state index contributed by atoms with van der Waals surface area (Å²) in [6, 6.07) is 8.20. The molecule has 0 aliphatic carbocycles. The van der Waals surface area contributed by atoms with Gasteiger partial charge in [0.25, 0.3) is 0 Å². The van der Waals surface area contributed by atoms with Gasteiger partial charge in [0.1, 0.15) is 12.3 Å². The molecule has 0 atom stereocenters. The lowest BCUT2D eigenvalue weighted by atomic mass is 10.2. The number of rotatable bonds is 3. The number of hydrogen-bond donors (Lipinski definition) is 1. The maximum Gasteiger partial charge on any atom is 0.118 e. The van der Waals surface area contributed by atoms with Crippen LogP contribution in [0.25, 0.3) is 0 Å². The largest absolute Gasteiger partial charge is 0.497 e. The first-order valence-corrected chi connectivity index (χ1v) is 4.14. The molecule has 0 fully saturated rings. The fraction of sp³-hybridized carbons (Fsp3) is 0.400. The molecular weight excluding hydrogens is 150 g/mol. The minimum atomic E-state index is 0.924. The molecule has 2 heteroatoms. The van der Waals surface area contributed by atoms with Crippen LogP contribution in [-0.4, -0.2) is 21.2 Å². The Morgan fingerprint density at radius 2 is 1.75 bits per heavy atom. The van der Waals surface area contributed by atoms with Crippen molar-refractivity contribution in [1.29, 1.82) is 0 Å². The van der Waals surface area contributed by atoms with E-state index in [9.17, 15) is 0 Å². The monoisotopic (exact) mass is 166 g/mol. The molecule has 66 valence electrons. The van der Waals surface area contributed by atoms with Crippen LogP contribution < -0.4 is 9.64 Å². The summed E-state index contributed by atoms with van der Waals surface area (Å²) in [7, 11) is 5.97. The van der Waals surface area contributed by atoms with Crippen molar-refractivity contribution in [3.63, 3.8) is 0 Å². The van der Waals surface area contributed by atoms with E-state index in [0.29, 0.717) is 0 Å². The van der Waals surface area contributed by atoms with Crippen LogP contribution in [0.5, 0.6) is 5.75 Å². The summed E-state index contributed by atoms with van der Waals surface area (Å²) in [6.45, 7) is 1.06. The molecule has 0 spiro atoms. The minimum Gasteiger partial charge on any atom is -0.497 e. The average molecular weight is 166 g/mol. The number of hydrogen-bond acceptors (Lipinski definition) is 1. The average Bonchev–Trinajstić information content (AvgIpc) is 2.05. The zero-order valence-electron chi connectivity index (χ0n) is 7.92. The van der Waals surface area contributed by atoms with Crippen LogP contribution in [0.2, 0.25) is 0 Å². The van der Waals surface area contributed by atoms with E-state index in [1.165, 1.54) is 10.5 Å². The molecule has 0 aliphatic rings. The Balaban J connectivity index is 2.65. The van der Waals surface area contributed by atoms with E-state index >= 15 is 0 Å². The van der Waals surface area contributed by atoms with Gasteiger partial charge in [-0.1, -0.05) is 0 Å². The van der Waals surface area contributed by atoms with Crippen molar-refractivity contribution in [3.05, 3.63) is 29.8 Å². The number of benzene rings is 1. The molecule has 0 saturated heterocycles. The molecule has 0 aromatic heterocycles. The van der Waals surface area contributed by atoms with Gasteiger partial charge in [-0.25, -0.2) is 0 Å². The molecule has 2 nitrogen and oxygen atoms in total. The maximum absolute atomic E-state index is 5.07. The quantitative estimate of drug-likeness (QED) is 0.683. The van der Waals surface area contributed by atoms with Gasteiger partial charge in [-0.15, -0.1) is 0 Å². The second-order valence-electron chi connectivity index (χ2n) is 3.23. The second kappa shape index (κ2) is 4.12. The van der Waals surface area contributed by atoms with Crippen molar-refractivity contribution in [3.8, 4) is 5.75 Å².